The van der Waals surface area contributed by atoms with Gasteiger partial charge >= 0.3 is 0 Å². The Kier molecular flexibility index (Phi) is 4.61. The van der Waals surface area contributed by atoms with Crippen LogP contribution >= 0.6 is 0 Å². The molecule has 100 valence electrons. The Balaban J connectivity index is 2.14. The highest BCUT2D eigenvalue weighted by molar-refractivity contribution is 5.43. The Bertz CT molecular complexity index is 392. The van der Waals surface area contributed by atoms with Gasteiger partial charge in [0.25, 0.3) is 0 Å². The lowest BCUT2D eigenvalue weighted by Gasteiger charge is -2.20. The number of hydrogen-bond donors (Lipinski definition) is 2. The molecule has 1 aliphatic rings. The first-order valence-corrected chi connectivity index (χ1v) is 6.86. The minimum absolute atomic E-state index is 0.262. The molecule has 1 aliphatic heterocycles. The van der Waals surface area contributed by atoms with E-state index in [1.54, 1.807) is 0 Å². The fraction of sp³-hybridized carbons (Fsp3) is 0.600. The lowest BCUT2D eigenvalue weighted by molar-refractivity contribution is 0.162. The predicted octanol–water partition coefficient (Wildman–Crippen LogP) is 2.57. The highest BCUT2D eigenvalue weighted by atomic mass is 16.5. The van der Waals surface area contributed by atoms with Gasteiger partial charge in [0.1, 0.15) is 5.75 Å². The second kappa shape index (κ2) is 6.21. The van der Waals surface area contributed by atoms with Crippen LogP contribution in [0.1, 0.15) is 43.4 Å². The zero-order chi connectivity index (χ0) is 13.0. The number of aliphatic hydroxyl groups excluding tert-OH is 1. The van der Waals surface area contributed by atoms with Gasteiger partial charge in [-0.05, 0) is 31.7 Å². The maximum atomic E-state index is 9.67. The molecule has 0 spiro atoms. The van der Waals surface area contributed by atoms with Gasteiger partial charge in [-0.3, -0.25) is 0 Å². The van der Waals surface area contributed by atoms with Crippen molar-refractivity contribution in [3.8, 4) is 5.75 Å². The van der Waals surface area contributed by atoms with Crippen LogP contribution in [0.2, 0.25) is 0 Å². The number of nitrogens with one attached hydrogen (secondary N) is 1. The third-order valence-corrected chi connectivity index (χ3v) is 3.57. The van der Waals surface area contributed by atoms with Gasteiger partial charge < -0.3 is 15.2 Å². The van der Waals surface area contributed by atoms with Crippen LogP contribution in [0.25, 0.3) is 0 Å². The standard InChI is InChI=1S/C15H23NO2/c1-3-12(17)10-16-14-8-5-9-18-15-11(2)6-4-7-13(14)15/h4,6-7,12,14,16-17H,3,5,8-10H2,1-2H3. The first kappa shape index (κ1) is 13.4. The molecule has 0 bridgehead atoms. The first-order valence-electron chi connectivity index (χ1n) is 6.86. The normalized spacial score (nSPS) is 20.7. The minimum Gasteiger partial charge on any atom is -0.493 e. The summed E-state index contributed by atoms with van der Waals surface area (Å²) >= 11 is 0. The maximum Gasteiger partial charge on any atom is 0.126 e. The van der Waals surface area contributed by atoms with Crippen molar-refractivity contribution in [2.24, 2.45) is 0 Å². The third kappa shape index (κ3) is 3.03. The minimum atomic E-state index is -0.262. The second-order valence-electron chi connectivity index (χ2n) is 5.01. The number of aryl methyl sites for hydroxylation is 1. The molecule has 3 heteroatoms. The average molecular weight is 249 g/mol. The van der Waals surface area contributed by atoms with Gasteiger partial charge in [-0.1, -0.05) is 25.1 Å². The van der Waals surface area contributed by atoms with Crippen LogP contribution in [0.3, 0.4) is 0 Å². The average Bonchev–Trinajstić information content (AvgIpc) is 2.59. The molecule has 3 nitrogen and oxygen atoms in total. The Morgan fingerprint density at radius 2 is 2.33 bits per heavy atom. The summed E-state index contributed by atoms with van der Waals surface area (Å²) < 4.78 is 5.84. The van der Waals surface area contributed by atoms with Gasteiger partial charge in [-0.2, -0.15) is 0 Å². The number of rotatable bonds is 4. The van der Waals surface area contributed by atoms with Gasteiger partial charge in [-0.25, -0.2) is 0 Å². The molecule has 2 N–H and O–H groups in total. The molecule has 2 rings (SSSR count). The summed E-state index contributed by atoms with van der Waals surface area (Å²) in [7, 11) is 0. The molecule has 0 amide bonds. The number of aliphatic hydroxyl groups is 1. The lowest BCUT2D eigenvalue weighted by Crippen LogP contribution is -2.30. The number of ether oxygens (including phenoxy) is 1. The predicted molar refractivity (Wildman–Crippen MR) is 72.9 cm³/mol. The van der Waals surface area contributed by atoms with E-state index in [1.165, 1.54) is 11.1 Å². The summed E-state index contributed by atoms with van der Waals surface area (Å²) in [5, 5.41) is 13.1. The van der Waals surface area contributed by atoms with Gasteiger partial charge in [0, 0.05) is 18.2 Å². The third-order valence-electron chi connectivity index (χ3n) is 3.57. The van der Waals surface area contributed by atoms with Gasteiger partial charge in [0.05, 0.1) is 12.7 Å². The first-order chi connectivity index (χ1) is 8.72. The SMILES string of the molecule is CCC(O)CNC1CCCOc2c(C)cccc21. The van der Waals surface area contributed by atoms with Crippen molar-refractivity contribution >= 4 is 0 Å². The number of fused-ring (bicyclic) bond motifs is 1. The molecule has 2 atom stereocenters. The number of hydrogen-bond acceptors (Lipinski definition) is 3. The van der Waals surface area contributed by atoms with E-state index in [4.69, 9.17) is 4.74 Å². The van der Waals surface area contributed by atoms with E-state index < -0.39 is 0 Å². The van der Waals surface area contributed by atoms with E-state index in [2.05, 4.69) is 30.4 Å². The van der Waals surface area contributed by atoms with Crippen LogP contribution in [0, 0.1) is 6.92 Å². The zero-order valence-electron chi connectivity index (χ0n) is 11.3. The lowest BCUT2D eigenvalue weighted by atomic mass is 9.99. The Morgan fingerprint density at radius 3 is 3.11 bits per heavy atom. The van der Waals surface area contributed by atoms with Crippen LogP contribution in [0.5, 0.6) is 5.75 Å². The van der Waals surface area contributed by atoms with Crippen LogP contribution < -0.4 is 10.1 Å². The summed E-state index contributed by atoms with van der Waals surface area (Å²) in [5.74, 6) is 1.03. The van der Waals surface area contributed by atoms with E-state index in [-0.39, 0.29) is 6.10 Å². The van der Waals surface area contributed by atoms with E-state index in [9.17, 15) is 5.11 Å². The Morgan fingerprint density at radius 1 is 1.50 bits per heavy atom. The van der Waals surface area contributed by atoms with Crippen molar-refractivity contribution in [1.82, 2.24) is 5.32 Å². The quantitative estimate of drug-likeness (QED) is 0.861. The van der Waals surface area contributed by atoms with E-state index in [1.807, 2.05) is 6.92 Å². The van der Waals surface area contributed by atoms with Crippen molar-refractivity contribution in [3.05, 3.63) is 29.3 Å². The van der Waals surface area contributed by atoms with Crippen LogP contribution in [-0.4, -0.2) is 24.4 Å². The molecule has 1 aromatic carbocycles. The molecule has 18 heavy (non-hydrogen) atoms. The monoisotopic (exact) mass is 249 g/mol. The highest BCUT2D eigenvalue weighted by Crippen LogP contribution is 2.33. The van der Waals surface area contributed by atoms with Crippen LogP contribution in [0.15, 0.2) is 18.2 Å². The van der Waals surface area contributed by atoms with Crippen molar-refractivity contribution in [1.29, 1.82) is 0 Å². The molecule has 0 fully saturated rings. The van der Waals surface area contributed by atoms with E-state index in [0.29, 0.717) is 12.6 Å². The molecule has 2 unspecified atom stereocenters. The molecule has 1 heterocycles. The fourth-order valence-electron chi connectivity index (χ4n) is 2.40. The fourth-order valence-corrected chi connectivity index (χ4v) is 2.40. The van der Waals surface area contributed by atoms with Gasteiger partial charge in [0.15, 0.2) is 0 Å². The summed E-state index contributed by atoms with van der Waals surface area (Å²) in [6.07, 6.45) is 2.64. The summed E-state index contributed by atoms with van der Waals surface area (Å²) in [6.45, 7) is 5.52. The van der Waals surface area contributed by atoms with Crippen molar-refractivity contribution in [2.75, 3.05) is 13.2 Å². The molecule has 1 aromatic rings. The Hall–Kier alpha value is -1.06. The van der Waals surface area contributed by atoms with Crippen molar-refractivity contribution in [3.63, 3.8) is 0 Å². The van der Waals surface area contributed by atoms with Crippen LogP contribution in [0.4, 0.5) is 0 Å². The van der Waals surface area contributed by atoms with Crippen molar-refractivity contribution in [2.45, 2.75) is 45.3 Å². The smallest absolute Gasteiger partial charge is 0.126 e. The topological polar surface area (TPSA) is 41.5 Å². The molecule has 0 aliphatic carbocycles. The van der Waals surface area contributed by atoms with E-state index >= 15 is 0 Å². The van der Waals surface area contributed by atoms with E-state index in [0.717, 1.165) is 31.6 Å². The summed E-state index contributed by atoms with van der Waals surface area (Å²) in [6, 6.07) is 6.59. The van der Waals surface area contributed by atoms with Crippen LogP contribution in [-0.2, 0) is 0 Å². The largest absolute Gasteiger partial charge is 0.493 e. The molecule has 0 saturated heterocycles. The van der Waals surface area contributed by atoms with Crippen molar-refractivity contribution < 1.29 is 9.84 Å². The van der Waals surface area contributed by atoms with Gasteiger partial charge in [0.2, 0.25) is 0 Å². The molecular formula is C15H23NO2. The Labute approximate surface area is 109 Å². The van der Waals surface area contributed by atoms with Gasteiger partial charge in [-0.15, -0.1) is 0 Å². The maximum absolute atomic E-state index is 9.67. The second-order valence-corrected chi connectivity index (χ2v) is 5.01. The molecule has 0 aromatic heterocycles. The molecular weight excluding hydrogens is 226 g/mol. The molecule has 0 radical (unpaired) electrons. The number of para-hydroxylation sites is 1. The summed E-state index contributed by atoms with van der Waals surface area (Å²) in [5.41, 5.74) is 2.42. The summed E-state index contributed by atoms with van der Waals surface area (Å²) in [4.78, 5) is 0. The number of benzene rings is 1. The molecule has 0 saturated carbocycles. The highest BCUT2D eigenvalue weighted by Gasteiger charge is 2.20. The zero-order valence-corrected chi connectivity index (χ0v) is 11.3.